The normalized spacial score (nSPS) is 10.3. The van der Waals surface area contributed by atoms with Gasteiger partial charge in [-0.05, 0) is 23.8 Å². The van der Waals surface area contributed by atoms with Crippen LogP contribution in [0.2, 0.25) is 0 Å². The van der Waals surface area contributed by atoms with Crippen molar-refractivity contribution >= 4 is 10.8 Å². The molecule has 0 radical (unpaired) electrons. The lowest BCUT2D eigenvalue weighted by Gasteiger charge is -2.06. The second-order valence-electron chi connectivity index (χ2n) is 4.36. The highest BCUT2D eigenvalue weighted by Crippen LogP contribution is 2.08. The minimum Gasteiger partial charge on any atom is -0.267 e. The van der Waals surface area contributed by atoms with Crippen molar-refractivity contribution < 1.29 is 0 Å². The van der Waals surface area contributed by atoms with E-state index in [1.807, 2.05) is 24.3 Å². The van der Waals surface area contributed by atoms with Crippen molar-refractivity contribution in [3.8, 4) is 6.07 Å². The van der Waals surface area contributed by atoms with Gasteiger partial charge in [0.1, 0.15) is 11.8 Å². The van der Waals surface area contributed by atoms with Gasteiger partial charge in [0.25, 0.3) is 5.56 Å². The van der Waals surface area contributed by atoms with Crippen LogP contribution in [0.25, 0.3) is 10.8 Å². The van der Waals surface area contributed by atoms with Crippen LogP contribution < -0.4 is 5.56 Å². The second kappa shape index (κ2) is 4.94. The minimum absolute atomic E-state index is 0.140. The molecule has 0 unspecified atom stereocenters. The number of nitrogens with zero attached hydrogens (tertiary/aromatic N) is 4. The van der Waals surface area contributed by atoms with Gasteiger partial charge >= 0.3 is 0 Å². The molecule has 5 heteroatoms. The second-order valence-corrected chi connectivity index (χ2v) is 4.36. The Morgan fingerprint density at radius 3 is 2.95 bits per heavy atom. The first kappa shape index (κ1) is 12.1. The number of nitriles is 1. The maximum atomic E-state index is 12.3. The standard InChI is InChI=1S/C15H10N4O/c16-8-13-7-11(5-6-17-13)10-19-15(20)14-4-2-1-3-12(14)9-18-19/h1-7,9H,10H2. The number of hydrogen-bond acceptors (Lipinski definition) is 4. The average molecular weight is 262 g/mol. The topological polar surface area (TPSA) is 71.6 Å². The molecule has 0 spiro atoms. The van der Waals surface area contributed by atoms with Gasteiger partial charge in [-0.3, -0.25) is 4.79 Å². The zero-order chi connectivity index (χ0) is 13.9. The Balaban J connectivity index is 2.05. The van der Waals surface area contributed by atoms with Crippen molar-refractivity contribution in [2.24, 2.45) is 0 Å². The van der Waals surface area contributed by atoms with Crippen LogP contribution in [0.15, 0.2) is 53.6 Å². The van der Waals surface area contributed by atoms with E-state index in [0.29, 0.717) is 17.6 Å². The van der Waals surface area contributed by atoms with E-state index in [1.54, 1.807) is 30.6 Å². The Bertz CT molecular complexity index is 877. The third-order valence-electron chi connectivity index (χ3n) is 3.03. The number of fused-ring (bicyclic) bond motifs is 1. The fraction of sp³-hybridized carbons (Fsp3) is 0.0667. The van der Waals surface area contributed by atoms with Crippen LogP contribution >= 0.6 is 0 Å². The van der Waals surface area contributed by atoms with Crippen molar-refractivity contribution in [3.63, 3.8) is 0 Å². The van der Waals surface area contributed by atoms with Crippen LogP contribution in [-0.4, -0.2) is 14.8 Å². The van der Waals surface area contributed by atoms with Crippen LogP contribution in [0.3, 0.4) is 0 Å². The Labute approximate surface area is 114 Å². The fourth-order valence-corrected chi connectivity index (χ4v) is 2.05. The summed E-state index contributed by atoms with van der Waals surface area (Å²) in [5.74, 6) is 0. The number of aromatic nitrogens is 3. The smallest absolute Gasteiger partial charge is 0.267 e. The highest BCUT2D eigenvalue weighted by atomic mass is 16.1. The molecule has 0 aliphatic rings. The molecule has 96 valence electrons. The predicted octanol–water partition coefficient (Wildman–Crippen LogP) is 1.71. The van der Waals surface area contributed by atoms with E-state index < -0.39 is 0 Å². The van der Waals surface area contributed by atoms with E-state index in [2.05, 4.69) is 10.1 Å². The summed E-state index contributed by atoms with van der Waals surface area (Å²) in [6.07, 6.45) is 3.23. The molecule has 0 aliphatic heterocycles. The van der Waals surface area contributed by atoms with Crippen molar-refractivity contribution in [3.05, 3.63) is 70.4 Å². The van der Waals surface area contributed by atoms with Gasteiger partial charge in [0.05, 0.1) is 18.1 Å². The van der Waals surface area contributed by atoms with Crippen molar-refractivity contribution in [2.45, 2.75) is 6.54 Å². The third kappa shape index (κ3) is 2.15. The molecule has 0 aliphatic carbocycles. The molecule has 20 heavy (non-hydrogen) atoms. The van der Waals surface area contributed by atoms with Gasteiger partial charge in [-0.25, -0.2) is 9.67 Å². The molecule has 1 aromatic carbocycles. The molecule has 0 fully saturated rings. The zero-order valence-electron chi connectivity index (χ0n) is 10.5. The molecular weight excluding hydrogens is 252 g/mol. The molecule has 0 N–H and O–H groups in total. The molecule has 0 saturated heterocycles. The number of pyridine rings is 1. The Morgan fingerprint density at radius 2 is 2.10 bits per heavy atom. The van der Waals surface area contributed by atoms with Crippen LogP contribution in [-0.2, 0) is 6.54 Å². The molecular formula is C15H10N4O. The molecule has 5 nitrogen and oxygen atoms in total. The Kier molecular flexibility index (Phi) is 2.98. The SMILES string of the molecule is N#Cc1cc(Cn2ncc3ccccc3c2=O)ccn1. The first-order chi connectivity index (χ1) is 9.78. The van der Waals surface area contributed by atoms with E-state index >= 15 is 0 Å². The number of rotatable bonds is 2. The van der Waals surface area contributed by atoms with Crippen LogP contribution in [0.1, 0.15) is 11.3 Å². The van der Waals surface area contributed by atoms with Crippen molar-refractivity contribution in [1.82, 2.24) is 14.8 Å². The van der Waals surface area contributed by atoms with Gasteiger partial charge in [0, 0.05) is 11.6 Å². The van der Waals surface area contributed by atoms with Crippen LogP contribution in [0, 0.1) is 11.3 Å². The van der Waals surface area contributed by atoms with Crippen molar-refractivity contribution in [1.29, 1.82) is 5.26 Å². The summed E-state index contributed by atoms with van der Waals surface area (Å²) in [4.78, 5) is 16.2. The van der Waals surface area contributed by atoms with E-state index in [9.17, 15) is 4.79 Å². The molecule has 2 heterocycles. The number of hydrogen-bond donors (Lipinski definition) is 0. The minimum atomic E-state index is -0.140. The summed E-state index contributed by atoms with van der Waals surface area (Å²) in [5, 5.41) is 14.4. The summed E-state index contributed by atoms with van der Waals surface area (Å²) in [6.45, 7) is 0.320. The first-order valence-corrected chi connectivity index (χ1v) is 6.08. The average Bonchev–Trinajstić information content (AvgIpc) is 2.50. The molecule has 2 aromatic heterocycles. The maximum Gasteiger partial charge on any atom is 0.274 e. The predicted molar refractivity (Wildman–Crippen MR) is 74.1 cm³/mol. The summed E-state index contributed by atoms with van der Waals surface area (Å²) < 4.78 is 1.39. The fourth-order valence-electron chi connectivity index (χ4n) is 2.05. The summed E-state index contributed by atoms with van der Waals surface area (Å²) in [6, 6.07) is 12.7. The molecule has 3 aromatic rings. The maximum absolute atomic E-state index is 12.3. The van der Waals surface area contributed by atoms with Crippen LogP contribution in [0.4, 0.5) is 0 Å². The quantitative estimate of drug-likeness (QED) is 0.704. The first-order valence-electron chi connectivity index (χ1n) is 6.08. The summed E-state index contributed by atoms with van der Waals surface area (Å²) in [5.41, 5.74) is 1.01. The lowest BCUT2D eigenvalue weighted by atomic mass is 10.2. The third-order valence-corrected chi connectivity index (χ3v) is 3.03. The molecule has 0 amide bonds. The Hall–Kier alpha value is -3.00. The van der Waals surface area contributed by atoms with E-state index in [4.69, 9.17) is 5.26 Å². The largest absolute Gasteiger partial charge is 0.274 e. The highest BCUT2D eigenvalue weighted by molar-refractivity contribution is 5.80. The van der Waals surface area contributed by atoms with E-state index in [1.165, 1.54) is 4.68 Å². The Morgan fingerprint density at radius 1 is 1.25 bits per heavy atom. The van der Waals surface area contributed by atoms with Gasteiger partial charge in [-0.1, -0.05) is 18.2 Å². The monoisotopic (exact) mass is 262 g/mol. The van der Waals surface area contributed by atoms with E-state index in [0.717, 1.165) is 10.9 Å². The van der Waals surface area contributed by atoms with E-state index in [-0.39, 0.29) is 5.56 Å². The molecule has 3 rings (SSSR count). The molecule has 0 atom stereocenters. The van der Waals surface area contributed by atoms with Crippen LogP contribution in [0.5, 0.6) is 0 Å². The van der Waals surface area contributed by atoms with Gasteiger partial charge in [0.2, 0.25) is 0 Å². The lowest BCUT2D eigenvalue weighted by molar-refractivity contribution is 0.646. The van der Waals surface area contributed by atoms with Crippen molar-refractivity contribution in [2.75, 3.05) is 0 Å². The molecule has 0 bridgehead atoms. The molecule has 0 saturated carbocycles. The van der Waals surface area contributed by atoms with Gasteiger partial charge < -0.3 is 0 Å². The summed E-state index contributed by atoms with van der Waals surface area (Å²) in [7, 11) is 0. The highest BCUT2D eigenvalue weighted by Gasteiger charge is 2.05. The van der Waals surface area contributed by atoms with Gasteiger partial charge in [0.15, 0.2) is 0 Å². The number of benzene rings is 1. The van der Waals surface area contributed by atoms with Gasteiger partial charge in [-0.2, -0.15) is 10.4 Å². The van der Waals surface area contributed by atoms with Gasteiger partial charge in [-0.15, -0.1) is 0 Å². The lowest BCUT2D eigenvalue weighted by Crippen LogP contribution is -2.23. The summed E-state index contributed by atoms with van der Waals surface area (Å²) >= 11 is 0. The zero-order valence-corrected chi connectivity index (χ0v) is 10.5.